The maximum Gasteiger partial charge on any atom is 0.271 e. The molecule has 4 N–H and O–H groups in total. The molecule has 0 saturated heterocycles. The molecule has 94 valence electrons. The van der Waals surface area contributed by atoms with Crippen LogP contribution in [-0.2, 0) is 6.54 Å². The number of aromatic nitrogens is 3. The summed E-state index contributed by atoms with van der Waals surface area (Å²) in [5.74, 6) is 5.83. The number of nitrogens with one attached hydrogen (secondary N) is 2. The number of nitrogens with two attached hydrogens (primary N) is 1. The zero-order valence-corrected chi connectivity index (χ0v) is 9.67. The molecule has 2 aromatic heterocycles. The van der Waals surface area contributed by atoms with Crippen molar-refractivity contribution in [3.8, 4) is 0 Å². The maximum atomic E-state index is 11.8. The molecule has 2 heterocycles. The number of nitrogen functional groups attached to an aromatic ring is 1. The number of rotatable bonds is 4. The van der Waals surface area contributed by atoms with E-state index in [1.807, 2.05) is 0 Å². The standard InChI is InChI=1S/C10H12N6O2/c1-6-2-7(16-18-6)3-13-10(17)8-4-12-5-9(14-8)15-11/h2,4-5H,3,11H2,1H3,(H,13,17)(H,14,15). The summed E-state index contributed by atoms with van der Waals surface area (Å²) < 4.78 is 4.88. The van der Waals surface area contributed by atoms with Crippen molar-refractivity contribution in [2.75, 3.05) is 5.43 Å². The van der Waals surface area contributed by atoms with Gasteiger partial charge in [-0.1, -0.05) is 5.16 Å². The summed E-state index contributed by atoms with van der Waals surface area (Å²) in [7, 11) is 0. The van der Waals surface area contributed by atoms with E-state index in [0.29, 0.717) is 17.3 Å². The largest absolute Gasteiger partial charge is 0.361 e. The van der Waals surface area contributed by atoms with E-state index in [4.69, 9.17) is 10.4 Å². The maximum absolute atomic E-state index is 11.8. The summed E-state index contributed by atoms with van der Waals surface area (Å²) in [6, 6.07) is 1.74. The van der Waals surface area contributed by atoms with Gasteiger partial charge in [-0.25, -0.2) is 10.8 Å². The topological polar surface area (TPSA) is 119 Å². The Morgan fingerprint density at radius 3 is 3.00 bits per heavy atom. The van der Waals surface area contributed by atoms with Crippen LogP contribution in [0.2, 0.25) is 0 Å². The molecule has 0 bridgehead atoms. The van der Waals surface area contributed by atoms with Gasteiger partial charge in [-0.15, -0.1) is 0 Å². The van der Waals surface area contributed by atoms with Gasteiger partial charge in [0, 0.05) is 6.07 Å². The zero-order valence-electron chi connectivity index (χ0n) is 9.67. The number of hydrogen-bond donors (Lipinski definition) is 3. The fourth-order valence-corrected chi connectivity index (χ4v) is 1.31. The fraction of sp³-hybridized carbons (Fsp3) is 0.200. The Morgan fingerprint density at radius 2 is 2.33 bits per heavy atom. The van der Waals surface area contributed by atoms with Crippen molar-refractivity contribution in [3.05, 3.63) is 35.6 Å². The highest BCUT2D eigenvalue weighted by Gasteiger charge is 2.09. The van der Waals surface area contributed by atoms with Gasteiger partial charge in [0.1, 0.15) is 17.1 Å². The van der Waals surface area contributed by atoms with Crippen LogP contribution in [0, 0.1) is 6.92 Å². The summed E-state index contributed by atoms with van der Waals surface area (Å²) in [6.45, 7) is 2.04. The lowest BCUT2D eigenvalue weighted by Crippen LogP contribution is -2.24. The van der Waals surface area contributed by atoms with Gasteiger partial charge in [0.15, 0.2) is 5.82 Å². The molecule has 0 aliphatic carbocycles. The van der Waals surface area contributed by atoms with Crippen molar-refractivity contribution < 1.29 is 9.32 Å². The summed E-state index contributed by atoms with van der Waals surface area (Å²) in [5.41, 5.74) is 3.13. The number of hydrogen-bond acceptors (Lipinski definition) is 7. The molecule has 0 aliphatic heterocycles. The Bertz CT molecular complexity index is 553. The Kier molecular flexibility index (Phi) is 3.49. The lowest BCUT2D eigenvalue weighted by atomic mass is 10.3. The third kappa shape index (κ3) is 2.80. The molecule has 2 aromatic rings. The SMILES string of the molecule is Cc1cc(CNC(=O)c2cncc(NN)n2)no1. The molecule has 0 unspecified atom stereocenters. The minimum Gasteiger partial charge on any atom is -0.361 e. The van der Waals surface area contributed by atoms with Gasteiger partial charge in [0.2, 0.25) is 0 Å². The van der Waals surface area contributed by atoms with Crippen LogP contribution in [0.15, 0.2) is 23.0 Å². The van der Waals surface area contributed by atoms with E-state index in [0.717, 1.165) is 0 Å². The second-order valence-corrected chi connectivity index (χ2v) is 3.55. The van der Waals surface area contributed by atoms with Crippen molar-refractivity contribution in [2.45, 2.75) is 13.5 Å². The molecular formula is C10H12N6O2. The van der Waals surface area contributed by atoms with Gasteiger partial charge in [0.25, 0.3) is 5.91 Å². The Hall–Kier alpha value is -2.48. The molecule has 0 atom stereocenters. The van der Waals surface area contributed by atoms with E-state index in [2.05, 4.69) is 25.9 Å². The Morgan fingerprint density at radius 1 is 1.50 bits per heavy atom. The second-order valence-electron chi connectivity index (χ2n) is 3.55. The smallest absolute Gasteiger partial charge is 0.271 e. The number of carbonyl (C=O) groups is 1. The lowest BCUT2D eigenvalue weighted by molar-refractivity contribution is 0.0945. The Balaban J connectivity index is 1.99. The molecule has 1 amide bonds. The molecule has 0 aliphatic rings. The van der Waals surface area contributed by atoms with Crippen LogP contribution in [0.25, 0.3) is 0 Å². The summed E-state index contributed by atoms with van der Waals surface area (Å²) >= 11 is 0. The highest BCUT2D eigenvalue weighted by Crippen LogP contribution is 2.03. The quantitative estimate of drug-likeness (QED) is 0.514. The van der Waals surface area contributed by atoms with Crippen molar-refractivity contribution in [3.63, 3.8) is 0 Å². The highest BCUT2D eigenvalue weighted by molar-refractivity contribution is 5.92. The number of carbonyl (C=O) groups excluding carboxylic acids is 1. The minimum absolute atomic E-state index is 0.172. The van der Waals surface area contributed by atoms with E-state index < -0.39 is 0 Å². The molecule has 0 aromatic carbocycles. The predicted molar refractivity (Wildman–Crippen MR) is 62.3 cm³/mol. The Labute approximate surface area is 103 Å². The van der Waals surface area contributed by atoms with E-state index >= 15 is 0 Å². The van der Waals surface area contributed by atoms with Gasteiger partial charge in [-0.2, -0.15) is 0 Å². The van der Waals surface area contributed by atoms with Crippen molar-refractivity contribution >= 4 is 11.7 Å². The monoisotopic (exact) mass is 248 g/mol. The van der Waals surface area contributed by atoms with Gasteiger partial charge in [-0.05, 0) is 6.92 Å². The summed E-state index contributed by atoms with van der Waals surface area (Å²) in [4.78, 5) is 19.5. The van der Waals surface area contributed by atoms with Gasteiger partial charge in [-0.3, -0.25) is 9.78 Å². The van der Waals surface area contributed by atoms with Crippen LogP contribution in [-0.4, -0.2) is 21.0 Å². The lowest BCUT2D eigenvalue weighted by Gasteiger charge is -2.03. The first-order valence-corrected chi connectivity index (χ1v) is 5.18. The molecule has 0 fully saturated rings. The fourth-order valence-electron chi connectivity index (χ4n) is 1.31. The van der Waals surface area contributed by atoms with Crippen LogP contribution in [0.5, 0.6) is 0 Å². The molecule has 2 rings (SSSR count). The van der Waals surface area contributed by atoms with Crippen LogP contribution in [0.4, 0.5) is 5.82 Å². The van der Waals surface area contributed by atoms with Crippen LogP contribution in [0.1, 0.15) is 21.9 Å². The molecule has 8 nitrogen and oxygen atoms in total. The van der Waals surface area contributed by atoms with E-state index in [1.54, 1.807) is 13.0 Å². The first-order valence-electron chi connectivity index (χ1n) is 5.18. The molecule has 0 spiro atoms. The number of amides is 1. The summed E-state index contributed by atoms with van der Waals surface area (Å²) in [5, 5.41) is 6.40. The van der Waals surface area contributed by atoms with Crippen LogP contribution < -0.4 is 16.6 Å². The molecule has 8 heteroatoms. The second kappa shape index (κ2) is 5.23. The minimum atomic E-state index is -0.361. The van der Waals surface area contributed by atoms with Crippen molar-refractivity contribution in [1.82, 2.24) is 20.4 Å². The third-order valence-electron chi connectivity index (χ3n) is 2.12. The number of hydrazine groups is 1. The van der Waals surface area contributed by atoms with E-state index in [9.17, 15) is 4.79 Å². The zero-order chi connectivity index (χ0) is 13.0. The highest BCUT2D eigenvalue weighted by atomic mass is 16.5. The molecule has 0 radical (unpaired) electrons. The third-order valence-corrected chi connectivity index (χ3v) is 2.12. The predicted octanol–water partition coefficient (Wildman–Crippen LogP) is -0.0114. The normalized spacial score (nSPS) is 10.1. The van der Waals surface area contributed by atoms with E-state index in [1.165, 1.54) is 12.4 Å². The average Bonchev–Trinajstić information content (AvgIpc) is 2.82. The molecule has 18 heavy (non-hydrogen) atoms. The van der Waals surface area contributed by atoms with Gasteiger partial charge in [0.05, 0.1) is 18.9 Å². The van der Waals surface area contributed by atoms with Gasteiger partial charge < -0.3 is 15.3 Å². The first kappa shape index (κ1) is 12.0. The van der Waals surface area contributed by atoms with Crippen molar-refractivity contribution in [1.29, 1.82) is 0 Å². The first-order chi connectivity index (χ1) is 8.69. The molecular weight excluding hydrogens is 236 g/mol. The van der Waals surface area contributed by atoms with Crippen LogP contribution in [0.3, 0.4) is 0 Å². The van der Waals surface area contributed by atoms with Gasteiger partial charge >= 0.3 is 0 Å². The van der Waals surface area contributed by atoms with Crippen LogP contribution >= 0.6 is 0 Å². The van der Waals surface area contributed by atoms with E-state index in [-0.39, 0.29) is 18.1 Å². The summed E-state index contributed by atoms with van der Waals surface area (Å²) in [6.07, 6.45) is 2.77. The molecule has 0 saturated carbocycles. The number of anilines is 1. The average molecular weight is 248 g/mol. The number of aryl methyl sites for hydroxylation is 1. The number of nitrogens with zero attached hydrogens (tertiary/aromatic N) is 3. The van der Waals surface area contributed by atoms with Crippen molar-refractivity contribution in [2.24, 2.45) is 5.84 Å².